The lowest BCUT2D eigenvalue weighted by molar-refractivity contribution is 0.114. The predicted molar refractivity (Wildman–Crippen MR) is 71.1 cm³/mol. The van der Waals surface area contributed by atoms with Crippen molar-refractivity contribution >= 4 is 21.4 Å². The van der Waals surface area contributed by atoms with Gasteiger partial charge in [-0.15, -0.1) is 11.3 Å². The number of rotatable bonds is 8. The molecule has 0 saturated carbocycles. The summed E-state index contributed by atoms with van der Waals surface area (Å²) in [6, 6.07) is 1.49. The molecule has 0 atom stereocenters. The molecule has 0 fully saturated rings. The Balaban J connectivity index is 2.46. The molecule has 1 aromatic rings. The van der Waals surface area contributed by atoms with E-state index in [2.05, 4.69) is 4.72 Å². The first-order valence-electron chi connectivity index (χ1n) is 5.72. The number of hydrogen-bond acceptors (Lipinski definition) is 5. The molecule has 104 valence electrons. The second kappa shape index (κ2) is 7.20. The minimum Gasteiger partial charge on any atom is -0.391 e. The van der Waals surface area contributed by atoms with E-state index in [-0.39, 0.29) is 18.0 Å². The van der Waals surface area contributed by atoms with Crippen LogP contribution in [0.15, 0.2) is 16.3 Å². The highest BCUT2D eigenvalue weighted by Gasteiger charge is 2.18. The first-order valence-corrected chi connectivity index (χ1v) is 8.08. The molecule has 0 unspecified atom stereocenters. The van der Waals surface area contributed by atoms with Gasteiger partial charge in [-0.05, 0) is 17.4 Å². The number of aliphatic hydroxyl groups excluding tert-OH is 1. The molecular weight excluding hydrogens is 274 g/mol. The molecule has 0 aliphatic heterocycles. The number of aliphatic hydroxyl groups is 1. The summed E-state index contributed by atoms with van der Waals surface area (Å²) >= 11 is 1.22. The zero-order valence-corrected chi connectivity index (χ0v) is 12.2. The number of hydrogen-bond donors (Lipinski definition) is 2. The molecule has 0 aromatic carbocycles. The number of sulfonamides is 1. The van der Waals surface area contributed by atoms with E-state index in [4.69, 9.17) is 9.84 Å². The van der Waals surface area contributed by atoms with Gasteiger partial charge in [0.1, 0.15) is 0 Å². The van der Waals surface area contributed by atoms with Gasteiger partial charge < -0.3 is 9.84 Å². The normalized spacial score (nSPS) is 12.2. The molecule has 0 saturated heterocycles. The fourth-order valence-electron chi connectivity index (χ4n) is 1.33. The molecule has 0 aliphatic carbocycles. The predicted octanol–water partition coefficient (Wildman–Crippen LogP) is 1.19. The van der Waals surface area contributed by atoms with Crippen LogP contribution in [0, 0.1) is 5.92 Å². The molecular formula is C11H19NO4S2. The van der Waals surface area contributed by atoms with Gasteiger partial charge in [0.2, 0.25) is 10.0 Å². The first kappa shape index (κ1) is 15.6. The fourth-order valence-corrected chi connectivity index (χ4v) is 3.63. The monoisotopic (exact) mass is 293 g/mol. The molecule has 0 radical (unpaired) electrons. The SMILES string of the molecule is CC(C)COCCNS(=O)(=O)c1ccsc1CO. The fraction of sp³-hybridized carbons (Fsp3) is 0.636. The van der Waals surface area contributed by atoms with Gasteiger partial charge in [0.25, 0.3) is 0 Å². The average Bonchev–Trinajstić information content (AvgIpc) is 2.76. The first-order chi connectivity index (χ1) is 8.47. The Labute approximate surface area is 112 Å². The van der Waals surface area contributed by atoms with Crippen LogP contribution >= 0.6 is 11.3 Å². The zero-order valence-electron chi connectivity index (χ0n) is 10.5. The summed E-state index contributed by atoms with van der Waals surface area (Å²) < 4.78 is 31.5. The highest BCUT2D eigenvalue weighted by molar-refractivity contribution is 7.89. The van der Waals surface area contributed by atoms with E-state index >= 15 is 0 Å². The summed E-state index contributed by atoms with van der Waals surface area (Å²) in [5.74, 6) is 0.430. The Bertz CT molecular complexity index is 453. The minimum absolute atomic E-state index is 0.152. The van der Waals surface area contributed by atoms with Gasteiger partial charge in [-0.3, -0.25) is 0 Å². The Morgan fingerprint density at radius 2 is 2.22 bits per heavy atom. The van der Waals surface area contributed by atoms with E-state index in [9.17, 15) is 8.42 Å². The largest absolute Gasteiger partial charge is 0.391 e. The second-order valence-corrected chi connectivity index (χ2v) is 6.97. The van der Waals surface area contributed by atoms with Gasteiger partial charge in [0.05, 0.1) is 18.1 Å². The van der Waals surface area contributed by atoms with Crippen molar-refractivity contribution in [1.82, 2.24) is 4.72 Å². The third-order valence-corrected chi connectivity index (χ3v) is 4.71. The maximum Gasteiger partial charge on any atom is 0.241 e. The van der Waals surface area contributed by atoms with Crippen LogP contribution in [-0.4, -0.2) is 33.3 Å². The van der Waals surface area contributed by atoms with Crippen LogP contribution in [0.25, 0.3) is 0 Å². The second-order valence-electron chi connectivity index (χ2n) is 4.23. The van der Waals surface area contributed by atoms with E-state index < -0.39 is 10.0 Å². The van der Waals surface area contributed by atoms with E-state index in [1.54, 1.807) is 5.38 Å². The van der Waals surface area contributed by atoms with Crippen LogP contribution in [0.4, 0.5) is 0 Å². The summed E-state index contributed by atoms with van der Waals surface area (Å²) in [6.45, 7) is 4.98. The van der Waals surface area contributed by atoms with Crippen LogP contribution in [0.3, 0.4) is 0 Å². The lowest BCUT2D eigenvalue weighted by atomic mass is 10.2. The lowest BCUT2D eigenvalue weighted by Crippen LogP contribution is -2.28. The summed E-state index contributed by atoms with van der Waals surface area (Å²) in [6.07, 6.45) is 0. The van der Waals surface area contributed by atoms with Crippen molar-refractivity contribution < 1.29 is 18.3 Å². The standard InChI is InChI=1S/C11H19NO4S2/c1-9(2)8-16-5-4-12-18(14,15)11-3-6-17-10(11)7-13/h3,6,9,12-13H,4-5,7-8H2,1-2H3. The topological polar surface area (TPSA) is 75.6 Å². The summed E-state index contributed by atoms with van der Waals surface area (Å²) in [5.41, 5.74) is 0. The van der Waals surface area contributed by atoms with Gasteiger partial charge in [0, 0.05) is 18.0 Å². The van der Waals surface area contributed by atoms with Crippen LogP contribution in [0.5, 0.6) is 0 Å². The number of ether oxygens (including phenoxy) is 1. The van der Waals surface area contributed by atoms with Crippen molar-refractivity contribution in [3.8, 4) is 0 Å². The highest BCUT2D eigenvalue weighted by Crippen LogP contribution is 2.21. The Kier molecular flexibility index (Phi) is 6.24. The van der Waals surface area contributed by atoms with Crippen LogP contribution in [0.1, 0.15) is 18.7 Å². The van der Waals surface area contributed by atoms with E-state index in [0.717, 1.165) is 0 Å². The highest BCUT2D eigenvalue weighted by atomic mass is 32.2. The van der Waals surface area contributed by atoms with Crippen molar-refractivity contribution in [2.75, 3.05) is 19.8 Å². The van der Waals surface area contributed by atoms with E-state index in [1.807, 2.05) is 13.8 Å². The van der Waals surface area contributed by atoms with Crippen LogP contribution < -0.4 is 4.72 Å². The van der Waals surface area contributed by atoms with Crippen molar-refractivity contribution in [2.24, 2.45) is 5.92 Å². The molecule has 1 heterocycles. The average molecular weight is 293 g/mol. The van der Waals surface area contributed by atoms with Crippen molar-refractivity contribution in [2.45, 2.75) is 25.3 Å². The van der Waals surface area contributed by atoms with E-state index in [0.29, 0.717) is 24.0 Å². The van der Waals surface area contributed by atoms with Gasteiger partial charge >= 0.3 is 0 Å². The Morgan fingerprint density at radius 3 is 2.83 bits per heavy atom. The lowest BCUT2D eigenvalue weighted by Gasteiger charge is -2.08. The molecule has 1 rings (SSSR count). The van der Waals surface area contributed by atoms with Crippen LogP contribution in [0.2, 0.25) is 0 Å². The van der Waals surface area contributed by atoms with Crippen molar-refractivity contribution in [1.29, 1.82) is 0 Å². The maximum atomic E-state index is 11.9. The summed E-state index contributed by atoms with van der Waals surface area (Å²) in [5, 5.41) is 10.7. The molecule has 0 spiro atoms. The quantitative estimate of drug-likeness (QED) is 0.706. The third kappa shape index (κ3) is 4.66. The smallest absolute Gasteiger partial charge is 0.241 e. The molecule has 0 bridgehead atoms. The summed E-state index contributed by atoms with van der Waals surface area (Å²) in [4.78, 5) is 0.601. The maximum absolute atomic E-state index is 11.9. The van der Waals surface area contributed by atoms with Gasteiger partial charge in [0.15, 0.2) is 0 Å². The van der Waals surface area contributed by atoms with Gasteiger partial charge in [-0.2, -0.15) is 0 Å². The Morgan fingerprint density at radius 1 is 1.50 bits per heavy atom. The van der Waals surface area contributed by atoms with Crippen LogP contribution in [-0.2, 0) is 21.4 Å². The molecule has 5 nitrogen and oxygen atoms in total. The van der Waals surface area contributed by atoms with E-state index in [1.165, 1.54) is 17.4 Å². The van der Waals surface area contributed by atoms with Gasteiger partial charge in [-0.25, -0.2) is 13.1 Å². The molecule has 1 aromatic heterocycles. The zero-order chi connectivity index (χ0) is 13.6. The number of nitrogens with one attached hydrogen (secondary N) is 1. The van der Waals surface area contributed by atoms with Crippen molar-refractivity contribution in [3.05, 3.63) is 16.3 Å². The molecule has 2 N–H and O–H groups in total. The number of thiophene rings is 1. The summed E-state index contributed by atoms with van der Waals surface area (Å²) in [7, 11) is -3.54. The van der Waals surface area contributed by atoms with Crippen molar-refractivity contribution in [3.63, 3.8) is 0 Å². The third-order valence-electron chi connectivity index (χ3n) is 2.13. The molecule has 18 heavy (non-hydrogen) atoms. The van der Waals surface area contributed by atoms with Gasteiger partial charge in [-0.1, -0.05) is 13.8 Å². The molecule has 7 heteroatoms. The molecule has 0 aliphatic rings. The minimum atomic E-state index is -3.54. The Hall–Kier alpha value is -0.470. The molecule has 0 amide bonds.